The fraction of sp³-hybridized carbons (Fsp3) is 0.846. The van der Waals surface area contributed by atoms with E-state index in [1.807, 2.05) is 0 Å². The fourth-order valence-corrected chi connectivity index (χ4v) is 3.14. The van der Waals surface area contributed by atoms with E-state index in [9.17, 15) is 0 Å². The molecule has 0 aromatic carbocycles. The van der Waals surface area contributed by atoms with Gasteiger partial charge in [0.15, 0.2) is 5.82 Å². The van der Waals surface area contributed by atoms with Gasteiger partial charge in [-0.25, -0.2) is 9.67 Å². The van der Waals surface area contributed by atoms with Crippen molar-refractivity contribution in [3.63, 3.8) is 0 Å². The molecule has 0 saturated carbocycles. The Morgan fingerprint density at radius 1 is 1.29 bits per heavy atom. The number of nitrogens with zero attached hydrogens (tertiary/aromatic N) is 4. The summed E-state index contributed by atoms with van der Waals surface area (Å²) in [5.41, 5.74) is 0. The van der Waals surface area contributed by atoms with Crippen LogP contribution in [0.25, 0.3) is 0 Å². The van der Waals surface area contributed by atoms with Crippen LogP contribution < -0.4 is 0 Å². The van der Waals surface area contributed by atoms with Crippen LogP contribution >= 0.6 is 0 Å². The van der Waals surface area contributed by atoms with E-state index < -0.39 is 0 Å². The molecule has 1 aromatic heterocycles. The minimum Gasteiger partial charge on any atom is -0.303 e. The molecule has 4 heteroatoms. The SMILES string of the molecule is CC1CCCc2nc(CC3CCCN3C)nn21. The van der Waals surface area contributed by atoms with Crippen molar-refractivity contribution in [3.8, 4) is 0 Å². The van der Waals surface area contributed by atoms with Crippen LogP contribution in [0.5, 0.6) is 0 Å². The van der Waals surface area contributed by atoms with Crippen LogP contribution in [0.4, 0.5) is 0 Å². The molecular weight excluding hydrogens is 212 g/mol. The Morgan fingerprint density at radius 3 is 2.88 bits per heavy atom. The molecular formula is C13H22N4. The molecule has 3 heterocycles. The summed E-state index contributed by atoms with van der Waals surface area (Å²) >= 11 is 0. The Labute approximate surface area is 103 Å². The number of hydrogen-bond donors (Lipinski definition) is 0. The van der Waals surface area contributed by atoms with Gasteiger partial charge in [-0.1, -0.05) is 0 Å². The lowest BCUT2D eigenvalue weighted by Crippen LogP contribution is -2.27. The molecule has 3 rings (SSSR count). The summed E-state index contributed by atoms with van der Waals surface area (Å²) < 4.78 is 2.16. The molecule has 0 amide bonds. The van der Waals surface area contributed by atoms with Crippen molar-refractivity contribution >= 4 is 0 Å². The monoisotopic (exact) mass is 234 g/mol. The standard InChI is InChI=1S/C13H22N4/c1-10-5-3-7-13-14-12(15-17(10)13)9-11-6-4-8-16(11)2/h10-11H,3-9H2,1-2H3. The van der Waals surface area contributed by atoms with E-state index in [2.05, 4.69) is 23.6 Å². The number of fused-ring (bicyclic) bond motifs is 1. The predicted octanol–water partition coefficient (Wildman–Crippen LogP) is 1.81. The van der Waals surface area contributed by atoms with E-state index in [0.717, 1.165) is 18.7 Å². The Bertz CT molecular complexity index is 398. The highest BCUT2D eigenvalue weighted by molar-refractivity contribution is 5.00. The Hall–Kier alpha value is -0.900. The summed E-state index contributed by atoms with van der Waals surface area (Å²) in [5, 5.41) is 4.71. The van der Waals surface area contributed by atoms with Gasteiger partial charge in [0.25, 0.3) is 0 Å². The van der Waals surface area contributed by atoms with E-state index >= 15 is 0 Å². The molecule has 1 fully saturated rings. The molecule has 2 atom stereocenters. The molecule has 0 N–H and O–H groups in total. The van der Waals surface area contributed by atoms with E-state index in [1.54, 1.807) is 0 Å². The first kappa shape index (κ1) is 11.2. The summed E-state index contributed by atoms with van der Waals surface area (Å²) in [7, 11) is 2.22. The smallest absolute Gasteiger partial charge is 0.152 e. The Morgan fingerprint density at radius 2 is 2.18 bits per heavy atom. The summed E-state index contributed by atoms with van der Waals surface area (Å²) in [5.74, 6) is 2.27. The normalized spacial score (nSPS) is 29.5. The van der Waals surface area contributed by atoms with Gasteiger partial charge in [-0.05, 0) is 46.2 Å². The third-order valence-electron chi connectivity index (χ3n) is 4.28. The Balaban J connectivity index is 1.75. The van der Waals surface area contributed by atoms with Crippen molar-refractivity contribution < 1.29 is 0 Å². The van der Waals surface area contributed by atoms with Crippen LogP contribution in [0.15, 0.2) is 0 Å². The highest BCUT2D eigenvalue weighted by Gasteiger charge is 2.25. The molecule has 2 unspecified atom stereocenters. The first-order valence-corrected chi connectivity index (χ1v) is 6.88. The fourth-order valence-electron chi connectivity index (χ4n) is 3.14. The number of hydrogen-bond acceptors (Lipinski definition) is 3. The molecule has 4 nitrogen and oxygen atoms in total. The second kappa shape index (κ2) is 4.41. The third-order valence-corrected chi connectivity index (χ3v) is 4.28. The first-order valence-electron chi connectivity index (χ1n) is 6.88. The van der Waals surface area contributed by atoms with Crippen molar-refractivity contribution in [2.24, 2.45) is 0 Å². The minimum atomic E-state index is 0.543. The van der Waals surface area contributed by atoms with Crippen molar-refractivity contribution in [2.75, 3.05) is 13.6 Å². The van der Waals surface area contributed by atoms with Crippen LogP contribution in [0.2, 0.25) is 0 Å². The minimum absolute atomic E-state index is 0.543. The number of likely N-dealkylation sites (tertiary alicyclic amines) is 1. The average Bonchev–Trinajstić information content (AvgIpc) is 2.87. The summed E-state index contributed by atoms with van der Waals surface area (Å²) in [6.07, 6.45) is 7.28. The maximum Gasteiger partial charge on any atom is 0.152 e. The van der Waals surface area contributed by atoms with Gasteiger partial charge in [-0.2, -0.15) is 5.10 Å². The molecule has 2 aliphatic rings. The van der Waals surface area contributed by atoms with Crippen LogP contribution in [0.3, 0.4) is 0 Å². The molecule has 2 aliphatic heterocycles. The average molecular weight is 234 g/mol. The number of rotatable bonds is 2. The van der Waals surface area contributed by atoms with Crippen molar-refractivity contribution in [1.82, 2.24) is 19.7 Å². The van der Waals surface area contributed by atoms with Gasteiger partial charge in [0.1, 0.15) is 5.82 Å². The number of aryl methyl sites for hydroxylation is 1. The highest BCUT2D eigenvalue weighted by Crippen LogP contribution is 2.24. The number of aromatic nitrogens is 3. The lowest BCUT2D eigenvalue weighted by Gasteiger charge is -2.19. The molecule has 0 bridgehead atoms. The van der Waals surface area contributed by atoms with Gasteiger partial charge in [-0.15, -0.1) is 0 Å². The van der Waals surface area contributed by atoms with Gasteiger partial charge in [0.05, 0.1) is 6.04 Å². The molecule has 0 radical (unpaired) electrons. The third kappa shape index (κ3) is 2.10. The molecule has 17 heavy (non-hydrogen) atoms. The van der Waals surface area contributed by atoms with E-state index in [0.29, 0.717) is 12.1 Å². The molecule has 0 spiro atoms. The quantitative estimate of drug-likeness (QED) is 0.782. The van der Waals surface area contributed by atoms with Crippen LogP contribution in [-0.2, 0) is 12.8 Å². The number of likely N-dealkylation sites (N-methyl/N-ethyl adjacent to an activating group) is 1. The zero-order valence-electron chi connectivity index (χ0n) is 10.9. The van der Waals surface area contributed by atoms with E-state index in [1.165, 1.54) is 38.1 Å². The largest absolute Gasteiger partial charge is 0.303 e. The van der Waals surface area contributed by atoms with Crippen LogP contribution in [-0.4, -0.2) is 39.3 Å². The second-order valence-electron chi connectivity index (χ2n) is 5.61. The lowest BCUT2D eigenvalue weighted by atomic mass is 10.1. The predicted molar refractivity (Wildman–Crippen MR) is 67.0 cm³/mol. The highest BCUT2D eigenvalue weighted by atomic mass is 15.4. The molecule has 1 saturated heterocycles. The molecule has 94 valence electrons. The van der Waals surface area contributed by atoms with Crippen molar-refractivity contribution in [3.05, 3.63) is 11.6 Å². The van der Waals surface area contributed by atoms with E-state index in [-0.39, 0.29) is 0 Å². The maximum absolute atomic E-state index is 4.72. The first-order chi connectivity index (χ1) is 8.24. The maximum atomic E-state index is 4.72. The molecule has 1 aromatic rings. The van der Waals surface area contributed by atoms with Crippen molar-refractivity contribution in [2.45, 2.75) is 57.5 Å². The van der Waals surface area contributed by atoms with Crippen LogP contribution in [0.1, 0.15) is 50.3 Å². The summed E-state index contributed by atoms with van der Waals surface area (Å²) in [6.45, 7) is 3.48. The zero-order chi connectivity index (χ0) is 11.8. The van der Waals surface area contributed by atoms with E-state index in [4.69, 9.17) is 10.1 Å². The van der Waals surface area contributed by atoms with Gasteiger partial charge in [0.2, 0.25) is 0 Å². The Kier molecular flexibility index (Phi) is 2.90. The summed E-state index contributed by atoms with van der Waals surface area (Å²) in [4.78, 5) is 7.17. The summed E-state index contributed by atoms with van der Waals surface area (Å²) in [6, 6.07) is 1.20. The van der Waals surface area contributed by atoms with Gasteiger partial charge in [-0.3, -0.25) is 0 Å². The second-order valence-corrected chi connectivity index (χ2v) is 5.61. The van der Waals surface area contributed by atoms with Gasteiger partial charge >= 0.3 is 0 Å². The van der Waals surface area contributed by atoms with Crippen LogP contribution in [0, 0.1) is 0 Å². The topological polar surface area (TPSA) is 34.0 Å². The van der Waals surface area contributed by atoms with Crippen molar-refractivity contribution in [1.29, 1.82) is 0 Å². The zero-order valence-corrected chi connectivity index (χ0v) is 10.9. The lowest BCUT2D eigenvalue weighted by molar-refractivity contribution is 0.305. The van der Waals surface area contributed by atoms with Gasteiger partial charge in [0, 0.05) is 18.9 Å². The van der Waals surface area contributed by atoms with Gasteiger partial charge < -0.3 is 4.90 Å². The molecule has 0 aliphatic carbocycles.